The third-order valence-corrected chi connectivity index (χ3v) is 6.04. The molecule has 0 fully saturated rings. The predicted molar refractivity (Wildman–Crippen MR) is 94.7 cm³/mol. The van der Waals surface area contributed by atoms with Gasteiger partial charge < -0.3 is 9.30 Å². The monoisotopic (exact) mass is 396 g/mol. The van der Waals surface area contributed by atoms with Crippen molar-refractivity contribution in [1.82, 2.24) is 9.29 Å². The molecule has 10 heteroatoms. The molecule has 3 aromatic rings. The molecule has 0 atom stereocenters. The van der Waals surface area contributed by atoms with Gasteiger partial charge in [0.05, 0.1) is 22.2 Å². The number of hydrogen-bond donors (Lipinski definition) is 1. The summed E-state index contributed by atoms with van der Waals surface area (Å²) in [6.07, 6.45) is 0. The lowest BCUT2D eigenvalue weighted by Crippen LogP contribution is -2.30. The van der Waals surface area contributed by atoms with Gasteiger partial charge >= 0.3 is 4.87 Å². The van der Waals surface area contributed by atoms with E-state index >= 15 is 0 Å². The van der Waals surface area contributed by atoms with Crippen molar-refractivity contribution in [2.45, 2.75) is 4.90 Å². The number of methoxy groups -OCH3 is 1. The highest BCUT2D eigenvalue weighted by Crippen LogP contribution is 2.22. The van der Waals surface area contributed by atoms with Crippen LogP contribution in [0.25, 0.3) is 10.2 Å². The minimum Gasteiger partial charge on any atom is -0.494 e. The van der Waals surface area contributed by atoms with E-state index in [2.05, 4.69) is 0 Å². The van der Waals surface area contributed by atoms with E-state index < -0.39 is 21.7 Å². The molecule has 0 radical (unpaired) electrons. The number of benzene rings is 2. The number of ether oxygens (including phenoxy) is 1. The van der Waals surface area contributed by atoms with E-state index in [9.17, 15) is 22.4 Å². The molecule has 0 aliphatic carbocycles. The summed E-state index contributed by atoms with van der Waals surface area (Å²) < 4.78 is 47.1. The number of aryl methyl sites for hydroxylation is 1. The molecule has 0 spiro atoms. The molecule has 1 N–H and O–H groups in total. The lowest BCUT2D eigenvalue weighted by molar-refractivity contribution is 0.0981. The van der Waals surface area contributed by atoms with Crippen LogP contribution in [0.2, 0.25) is 0 Å². The van der Waals surface area contributed by atoms with E-state index in [0.717, 1.165) is 17.4 Å². The van der Waals surface area contributed by atoms with E-state index in [0.29, 0.717) is 10.2 Å². The number of thiazole rings is 1. The van der Waals surface area contributed by atoms with Crippen molar-refractivity contribution >= 4 is 37.5 Å². The minimum atomic E-state index is -4.19. The van der Waals surface area contributed by atoms with Crippen molar-refractivity contribution < 1.29 is 22.3 Å². The first-order valence-corrected chi connectivity index (χ1v) is 9.53. The highest BCUT2D eigenvalue weighted by Gasteiger charge is 2.21. The summed E-state index contributed by atoms with van der Waals surface area (Å²) in [5, 5.41) is 0. The van der Waals surface area contributed by atoms with Gasteiger partial charge in [-0.3, -0.25) is 9.59 Å². The summed E-state index contributed by atoms with van der Waals surface area (Å²) in [6, 6.07) is 7.45. The Bertz CT molecular complexity index is 1180. The Morgan fingerprint density at radius 2 is 1.96 bits per heavy atom. The summed E-state index contributed by atoms with van der Waals surface area (Å²) in [6.45, 7) is 0. The molecule has 3 rings (SSSR count). The normalized spacial score (nSPS) is 11.5. The lowest BCUT2D eigenvalue weighted by atomic mass is 10.2. The number of nitrogens with zero attached hydrogens (tertiary/aromatic N) is 1. The molecular weight excluding hydrogens is 383 g/mol. The van der Waals surface area contributed by atoms with Gasteiger partial charge in [0.25, 0.3) is 15.9 Å². The number of sulfonamides is 1. The summed E-state index contributed by atoms with van der Waals surface area (Å²) >= 11 is 0.897. The van der Waals surface area contributed by atoms with Crippen LogP contribution in [0.3, 0.4) is 0 Å². The molecule has 136 valence electrons. The first kappa shape index (κ1) is 18.1. The van der Waals surface area contributed by atoms with Crippen LogP contribution in [0.5, 0.6) is 5.75 Å². The Morgan fingerprint density at radius 3 is 2.62 bits per heavy atom. The van der Waals surface area contributed by atoms with Gasteiger partial charge in [0.15, 0.2) is 11.6 Å². The standard InChI is InChI=1S/C16H13FN2O5S2/c1-19-12-5-4-10(8-14(12)25-16(19)21)26(22,23)18-15(20)9-3-6-13(24-2)11(17)7-9/h3-8H,1-2H3,(H,18,20). The maximum Gasteiger partial charge on any atom is 0.307 e. The largest absolute Gasteiger partial charge is 0.494 e. The number of aromatic nitrogens is 1. The van der Waals surface area contributed by atoms with E-state index in [1.54, 1.807) is 7.05 Å². The number of rotatable bonds is 4. The third-order valence-electron chi connectivity index (χ3n) is 3.72. The molecule has 26 heavy (non-hydrogen) atoms. The predicted octanol–water partition coefficient (Wildman–Crippen LogP) is 1.87. The number of amides is 1. The number of fused-ring (bicyclic) bond motifs is 1. The second-order valence-corrected chi connectivity index (χ2v) is 8.02. The average Bonchev–Trinajstić information content (AvgIpc) is 2.88. The number of hydrogen-bond acceptors (Lipinski definition) is 6. The Kier molecular flexibility index (Phi) is 4.55. The van der Waals surface area contributed by atoms with Gasteiger partial charge in [0.1, 0.15) is 0 Å². The summed E-state index contributed by atoms with van der Waals surface area (Å²) in [7, 11) is -1.34. The Hall–Kier alpha value is -2.72. The summed E-state index contributed by atoms with van der Waals surface area (Å²) in [5.74, 6) is -1.82. The number of carbonyl (C=O) groups is 1. The lowest BCUT2D eigenvalue weighted by Gasteiger charge is -2.08. The average molecular weight is 396 g/mol. The van der Waals surface area contributed by atoms with Crippen molar-refractivity contribution in [2.75, 3.05) is 7.11 Å². The second kappa shape index (κ2) is 6.54. The van der Waals surface area contributed by atoms with Gasteiger partial charge in [-0.05, 0) is 36.4 Å². The van der Waals surface area contributed by atoms with Crippen molar-refractivity contribution in [3.05, 3.63) is 57.4 Å². The zero-order valence-corrected chi connectivity index (χ0v) is 15.3. The minimum absolute atomic E-state index is 0.0613. The van der Waals surface area contributed by atoms with Gasteiger partial charge in [-0.2, -0.15) is 0 Å². The molecular formula is C16H13FN2O5S2. The molecule has 0 saturated heterocycles. The van der Waals surface area contributed by atoms with Crippen LogP contribution in [0.4, 0.5) is 4.39 Å². The van der Waals surface area contributed by atoms with Crippen LogP contribution < -0.4 is 14.3 Å². The van der Waals surface area contributed by atoms with Crippen molar-refractivity contribution in [2.24, 2.45) is 7.05 Å². The van der Waals surface area contributed by atoms with Gasteiger partial charge in [0, 0.05) is 12.6 Å². The van der Waals surface area contributed by atoms with Crippen LogP contribution in [-0.2, 0) is 17.1 Å². The first-order valence-electron chi connectivity index (χ1n) is 7.23. The SMILES string of the molecule is COc1ccc(C(=O)NS(=O)(=O)c2ccc3c(c2)sc(=O)n3C)cc1F. The Morgan fingerprint density at radius 1 is 1.23 bits per heavy atom. The van der Waals surface area contributed by atoms with Crippen LogP contribution in [0, 0.1) is 5.82 Å². The fourth-order valence-corrected chi connectivity index (χ4v) is 4.32. The molecule has 1 aromatic heterocycles. The quantitative estimate of drug-likeness (QED) is 0.727. The summed E-state index contributed by atoms with van der Waals surface area (Å²) in [5.41, 5.74) is 0.417. The second-order valence-electron chi connectivity index (χ2n) is 5.34. The van der Waals surface area contributed by atoms with E-state index in [1.807, 2.05) is 4.72 Å². The zero-order chi connectivity index (χ0) is 19.1. The number of nitrogens with one attached hydrogen (secondary N) is 1. The molecule has 0 aliphatic heterocycles. The third kappa shape index (κ3) is 3.20. The maximum atomic E-state index is 13.7. The highest BCUT2D eigenvalue weighted by atomic mass is 32.2. The van der Waals surface area contributed by atoms with Crippen LogP contribution in [0.1, 0.15) is 10.4 Å². The topological polar surface area (TPSA) is 94.5 Å². The molecule has 0 unspecified atom stereocenters. The molecule has 0 bridgehead atoms. The summed E-state index contributed by atoms with van der Waals surface area (Å²) in [4.78, 5) is 23.4. The van der Waals surface area contributed by atoms with Crippen molar-refractivity contribution in [1.29, 1.82) is 0 Å². The van der Waals surface area contributed by atoms with Crippen LogP contribution in [-0.4, -0.2) is 26.0 Å². The fourth-order valence-electron chi connectivity index (χ4n) is 2.33. The smallest absolute Gasteiger partial charge is 0.307 e. The van der Waals surface area contributed by atoms with E-state index in [4.69, 9.17) is 4.74 Å². The van der Waals surface area contributed by atoms with E-state index in [-0.39, 0.29) is 21.1 Å². The number of carbonyl (C=O) groups excluding carboxylic acids is 1. The zero-order valence-electron chi connectivity index (χ0n) is 13.6. The van der Waals surface area contributed by atoms with Gasteiger partial charge in [-0.25, -0.2) is 17.5 Å². The molecule has 0 saturated carbocycles. The van der Waals surface area contributed by atoms with Crippen molar-refractivity contribution in [3.63, 3.8) is 0 Å². The molecule has 0 aliphatic rings. The Labute approximate surface area is 151 Å². The number of halogens is 1. The maximum absolute atomic E-state index is 13.7. The molecule has 1 amide bonds. The van der Waals surface area contributed by atoms with Gasteiger partial charge in [-0.1, -0.05) is 11.3 Å². The highest BCUT2D eigenvalue weighted by molar-refractivity contribution is 7.90. The first-order chi connectivity index (χ1) is 12.2. The van der Waals surface area contributed by atoms with Crippen LogP contribution >= 0.6 is 11.3 Å². The fraction of sp³-hybridized carbons (Fsp3) is 0.125. The van der Waals surface area contributed by atoms with Crippen molar-refractivity contribution in [3.8, 4) is 5.75 Å². The molecule has 2 aromatic carbocycles. The van der Waals surface area contributed by atoms with E-state index in [1.165, 1.54) is 42.0 Å². The van der Waals surface area contributed by atoms with Gasteiger partial charge in [-0.15, -0.1) is 0 Å². The molecule has 7 nitrogen and oxygen atoms in total. The molecule has 1 heterocycles. The van der Waals surface area contributed by atoms with Gasteiger partial charge in [0.2, 0.25) is 0 Å². The van der Waals surface area contributed by atoms with Crippen LogP contribution in [0.15, 0.2) is 46.1 Å². The Balaban J connectivity index is 1.92.